The second-order valence-corrected chi connectivity index (χ2v) is 7.21. The number of nitrogens with one attached hydrogen (secondary N) is 1. The van der Waals surface area contributed by atoms with Gasteiger partial charge in [0.15, 0.2) is 0 Å². The summed E-state index contributed by atoms with van der Waals surface area (Å²) in [7, 11) is -3.51. The third-order valence-electron chi connectivity index (χ3n) is 3.11. The molecule has 0 bridgehead atoms. The van der Waals surface area contributed by atoms with Gasteiger partial charge in [-0.25, -0.2) is 8.42 Å². The van der Waals surface area contributed by atoms with E-state index < -0.39 is 10.0 Å². The summed E-state index contributed by atoms with van der Waals surface area (Å²) in [4.78, 5) is 0.197. The van der Waals surface area contributed by atoms with E-state index in [-0.39, 0.29) is 16.0 Å². The zero-order chi connectivity index (χ0) is 14.0. The summed E-state index contributed by atoms with van der Waals surface area (Å²) in [6.45, 7) is 3.86. The molecule has 4 nitrogen and oxygen atoms in total. The van der Waals surface area contributed by atoms with Crippen molar-refractivity contribution < 1.29 is 8.42 Å². The molecule has 1 aromatic carbocycles. The Balaban J connectivity index is 2.35. The van der Waals surface area contributed by atoms with Crippen molar-refractivity contribution in [3.63, 3.8) is 0 Å². The normalized spacial score (nSPS) is 16.6. The highest BCUT2D eigenvalue weighted by Crippen LogP contribution is 2.27. The molecule has 106 valence electrons. The van der Waals surface area contributed by atoms with Gasteiger partial charge in [0.25, 0.3) is 0 Å². The van der Waals surface area contributed by atoms with E-state index in [1.165, 1.54) is 18.2 Å². The average Bonchev–Trinajstić information content (AvgIpc) is 2.29. The highest BCUT2D eigenvalue weighted by Gasteiger charge is 2.34. The number of rotatable bonds is 5. The average molecular weight is 323 g/mol. The van der Waals surface area contributed by atoms with Crippen molar-refractivity contribution in [1.82, 2.24) is 9.62 Å². The lowest BCUT2D eigenvalue weighted by atomic mass is 10.2. The Bertz CT molecular complexity index is 559. The Kier molecular flexibility index (Phi) is 4.74. The van der Waals surface area contributed by atoms with E-state index in [1.807, 2.05) is 6.92 Å². The maximum absolute atomic E-state index is 12.6. The van der Waals surface area contributed by atoms with E-state index in [9.17, 15) is 8.42 Å². The van der Waals surface area contributed by atoms with Gasteiger partial charge in [0.05, 0.1) is 21.0 Å². The van der Waals surface area contributed by atoms with Crippen LogP contribution in [-0.4, -0.2) is 38.4 Å². The van der Waals surface area contributed by atoms with Gasteiger partial charge in [-0.3, -0.25) is 0 Å². The van der Waals surface area contributed by atoms with Crippen LogP contribution in [0.25, 0.3) is 0 Å². The summed E-state index contributed by atoms with van der Waals surface area (Å²) in [6.07, 6.45) is 0.775. The van der Waals surface area contributed by atoms with Gasteiger partial charge in [-0.15, -0.1) is 0 Å². The first kappa shape index (κ1) is 15.1. The van der Waals surface area contributed by atoms with Crippen LogP contribution in [0.3, 0.4) is 0 Å². The molecule has 2 rings (SSSR count). The van der Waals surface area contributed by atoms with Gasteiger partial charge < -0.3 is 5.32 Å². The Hall–Kier alpha value is -0.330. The van der Waals surface area contributed by atoms with Crippen LogP contribution >= 0.6 is 23.2 Å². The van der Waals surface area contributed by atoms with E-state index in [0.717, 1.165) is 6.42 Å². The number of halogens is 2. The summed E-state index contributed by atoms with van der Waals surface area (Å²) in [5.74, 6) is 0. The second-order valence-electron chi connectivity index (χ2n) is 4.50. The van der Waals surface area contributed by atoms with E-state index in [2.05, 4.69) is 5.32 Å². The molecule has 7 heteroatoms. The van der Waals surface area contributed by atoms with Gasteiger partial charge in [0.2, 0.25) is 10.0 Å². The second kappa shape index (κ2) is 5.97. The maximum Gasteiger partial charge on any atom is 0.243 e. The predicted molar refractivity (Wildman–Crippen MR) is 77.3 cm³/mol. The first-order valence-corrected chi connectivity index (χ1v) is 8.34. The lowest BCUT2D eigenvalue weighted by Gasteiger charge is -2.37. The molecular formula is C12H16Cl2N2O2S. The minimum Gasteiger partial charge on any atom is -0.313 e. The van der Waals surface area contributed by atoms with Crippen molar-refractivity contribution >= 4 is 33.2 Å². The van der Waals surface area contributed by atoms with Crippen LogP contribution in [0, 0.1) is 0 Å². The fourth-order valence-corrected chi connectivity index (χ4v) is 4.07. The fourth-order valence-electron chi connectivity index (χ4n) is 1.97. The smallest absolute Gasteiger partial charge is 0.243 e. The highest BCUT2D eigenvalue weighted by molar-refractivity contribution is 7.89. The molecule has 1 aromatic rings. The lowest BCUT2D eigenvalue weighted by molar-refractivity contribution is 0.242. The van der Waals surface area contributed by atoms with Crippen LogP contribution in [0.15, 0.2) is 23.1 Å². The summed E-state index contributed by atoms with van der Waals surface area (Å²) in [6, 6.07) is 4.45. The number of hydrogen-bond acceptors (Lipinski definition) is 3. The van der Waals surface area contributed by atoms with E-state index in [4.69, 9.17) is 23.2 Å². The van der Waals surface area contributed by atoms with E-state index in [0.29, 0.717) is 24.7 Å². The zero-order valence-electron chi connectivity index (χ0n) is 10.6. The summed E-state index contributed by atoms with van der Waals surface area (Å²) in [5.41, 5.74) is 0. The fraction of sp³-hybridized carbons (Fsp3) is 0.500. The first-order chi connectivity index (χ1) is 8.96. The molecule has 0 unspecified atom stereocenters. The Morgan fingerprint density at radius 2 is 2.00 bits per heavy atom. The van der Waals surface area contributed by atoms with Crippen LogP contribution < -0.4 is 5.32 Å². The number of sulfonamides is 1. The lowest BCUT2D eigenvalue weighted by Crippen LogP contribution is -2.58. The molecule has 1 N–H and O–H groups in total. The molecule has 1 aliphatic heterocycles. The van der Waals surface area contributed by atoms with Gasteiger partial charge in [0.1, 0.15) is 0 Å². The largest absolute Gasteiger partial charge is 0.313 e. The summed E-state index contributed by atoms with van der Waals surface area (Å²) in [5, 5.41) is 3.70. The van der Waals surface area contributed by atoms with Crippen molar-refractivity contribution in [2.75, 3.05) is 19.6 Å². The van der Waals surface area contributed by atoms with Gasteiger partial charge in [-0.2, -0.15) is 4.31 Å². The number of benzene rings is 1. The molecule has 0 saturated carbocycles. The Morgan fingerprint density at radius 3 is 2.47 bits per heavy atom. The highest BCUT2D eigenvalue weighted by atomic mass is 35.5. The Morgan fingerprint density at radius 1 is 1.32 bits per heavy atom. The summed E-state index contributed by atoms with van der Waals surface area (Å²) >= 11 is 11.7. The van der Waals surface area contributed by atoms with E-state index >= 15 is 0 Å². The van der Waals surface area contributed by atoms with Crippen LogP contribution in [0.1, 0.15) is 13.3 Å². The van der Waals surface area contributed by atoms with Gasteiger partial charge in [-0.1, -0.05) is 30.1 Å². The molecule has 1 heterocycles. The van der Waals surface area contributed by atoms with Crippen molar-refractivity contribution in [2.45, 2.75) is 24.3 Å². The summed E-state index contributed by atoms with van der Waals surface area (Å²) < 4.78 is 26.8. The maximum atomic E-state index is 12.6. The molecular weight excluding hydrogens is 307 g/mol. The topological polar surface area (TPSA) is 49.4 Å². The monoisotopic (exact) mass is 322 g/mol. The molecule has 1 aliphatic rings. The molecule has 0 radical (unpaired) electrons. The van der Waals surface area contributed by atoms with Crippen molar-refractivity contribution in [3.8, 4) is 0 Å². The van der Waals surface area contributed by atoms with Crippen LogP contribution in [0.5, 0.6) is 0 Å². The third-order valence-corrected chi connectivity index (χ3v) is 5.80. The molecule has 1 saturated heterocycles. The number of hydrogen-bond donors (Lipinski definition) is 1. The number of nitrogens with zero attached hydrogens (tertiary/aromatic N) is 1. The molecule has 0 amide bonds. The van der Waals surface area contributed by atoms with Gasteiger partial charge >= 0.3 is 0 Å². The molecule has 0 aliphatic carbocycles. The van der Waals surface area contributed by atoms with Gasteiger partial charge in [0, 0.05) is 19.6 Å². The SMILES string of the molecule is CCCN(C1CNC1)S(=O)(=O)c1ccc(Cl)c(Cl)c1. The minimum atomic E-state index is -3.51. The molecule has 0 spiro atoms. The predicted octanol–water partition coefficient (Wildman–Crippen LogP) is 2.37. The molecule has 0 atom stereocenters. The van der Waals surface area contributed by atoms with Crippen LogP contribution in [0.2, 0.25) is 10.0 Å². The minimum absolute atomic E-state index is 0.0272. The van der Waals surface area contributed by atoms with Crippen LogP contribution in [0.4, 0.5) is 0 Å². The molecule has 1 fully saturated rings. The van der Waals surface area contributed by atoms with Gasteiger partial charge in [-0.05, 0) is 24.6 Å². The molecule has 0 aromatic heterocycles. The third kappa shape index (κ3) is 3.06. The Labute approximate surface area is 123 Å². The standard InChI is InChI=1S/C12H16Cl2N2O2S/c1-2-5-16(9-7-15-8-9)19(17,18)10-3-4-11(13)12(14)6-10/h3-4,6,9,15H,2,5,7-8H2,1H3. The zero-order valence-corrected chi connectivity index (χ0v) is 12.9. The van der Waals surface area contributed by atoms with E-state index in [1.54, 1.807) is 4.31 Å². The van der Waals surface area contributed by atoms with Crippen molar-refractivity contribution in [3.05, 3.63) is 28.2 Å². The first-order valence-electron chi connectivity index (χ1n) is 6.14. The van der Waals surface area contributed by atoms with Crippen LogP contribution in [-0.2, 0) is 10.0 Å². The quantitative estimate of drug-likeness (QED) is 0.905. The van der Waals surface area contributed by atoms with Crippen molar-refractivity contribution in [1.29, 1.82) is 0 Å². The van der Waals surface area contributed by atoms with Crippen molar-refractivity contribution in [2.24, 2.45) is 0 Å². The molecule has 19 heavy (non-hydrogen) atoms.